The third kappa shape index (κ3) is 8.04. The van der Waals surface area contributed by atoms with Crippen LogP contribution in [0, 0.1) is 10.1 Å². The molecule has 2 aromatic heterocycles. The summed E-state index contributed by atoms with van der Waals surface area (Å²) in [5.74, 6) is 0.652. The standard InChI is InChI=1S/C37H38Cl2N8O6/c1-47(2,22-23-12-15-40-34(23)46(50)51)18-8-11-30(48)44-16-13-26(14-17-44)45-35-24(21-41-37(43-35)42-25-9-6-5-7-10-25)19-27(36(45)49)31-32(38)28(52-3)20-29(53-4)33(31)39/h5-11,15,19-21,26H,12-14,16-18,22H2,1-4H3/p+1/b11-8+. The lowest BCUT2D eigenvalue weighted by Crippen LogP contribution is -2.42. The minimum atomic E-state index is -0.456. The predicted molar refractivity (Wildman–Crippen MR) is 205 cm³/mol. The molecule has 1 amide bonds. The van der Waals surface area contributed by atoms with Gasteiger partial charge in [-0.25, -0.2) is 4.98 Å². The molecule has 16 heteroatoms. The first kappa shape index (κ1) is 37.4. The molecule has 0 spiro atoms. The molecule has 2 aliphatic rings. The lowest BCUT2D eigenvalue weighted by Gasteiger charge is -2.33. The van der Waals surface area contributed by atoms with Crippen molar-refractivity contribution in [2.75, 3.05) is 59.8 Å². The van der Waals surface area contributed by atoms with Crippen molar-refractivity contribution in [3.05, 3.63) is 103 Å². The molecule has 1 N–H and O–H groups in total. The van der Waals surface area contributed by atoms with Crippen LogP contribution < -0.4 is 20.3 Å². The van der Waals surface area contributed by atoms with Gasteiger partial charge in [-0.05, 0) is 42.0 Å². The molecule has 0 unspecified atom stereocenters. The number of nitro groups is 1. The maximum absolute atomic E-state index is 14.6. The van der Waals surface area contributed by atoms with Crippen LogP contribution in [0.3, 0.4) is 0 Å². The molecule has 6 rings (SSSR count). The third-order valence-corrected chi connectivity index (χ3v) is 10.1. The number of aliphatic imine (C=N–C) groups is 1. The Labute approximate surface area is 315 Å². The average Bonchev–Trinajstić information content (AvgIpc) is 3.60. The van der Waals surface area contributed by atoms with Crippen molar-refractivity contribution in [3.8, 4) is 22.6 Å². The number of aromatic nitrogens is 3. The number of pyridine rings is 1. The van der Waals surface area contributed by atoms with Gasteiger partial charge in [0.2, 0.25) is 11.9 Å². The van der Waals surface area contributed by atoms with E-state index in [1.54, 1.807) is 46.2 Å². The number of likely N-dealkylation sites (tertiary alicyclic amines) is 1. The molecule has 0 atom stereocenters. The van der Waals surface area contributed by atoms with E-state index in [-0.39, 0.29) is 44.5 Å². The molecule has 2 aromatic carbocycles. The second kappa shape index (κ2) is 15.7. The van der Waals surface area contributed by atoms with E-state index in [0.717, 1.165) is 5.69 Å². The van der Waals surface area contributed by atoms with E-state index in [4.69, 9.17) is 37.7 Å². The summed E-state index contributed by atoms with van der Waals surface area (Å²) < 4.78 is 13.0. The number of rotatable bonds is 12. The molecular formula is C37H39Cl2N8O6+. The highest BCUT2D eigenvalue weighted by molar-refractivity contribution is 6.41. The zero-order chi connectivity index (χ0) is 37.9. The zero-order valence-corrected chi connectivity index (χ0v) is 31.2. The summed E-state index contributed by atoms with van der Waals surface area (Å²) in [6.07, 6.45) is 7.94. The van der Waals surface area contributed by atoms with E-state index in [1.165, 1.54) is 14.2 Å². The van der Waals surface area contributed by atoms with E-state index in [0.29, 0.717) is 84.0 Å². The summed E-state index contributed by atoms with van der Waals surface area (Å²) in [6.45, 7) is 1.72. The smallest absolute Gasteiger partial charge is 0.368 e. The van der Waals surface area contributed by atoms with E-state index < -0.39 is 4.92 Å². The van der Waals surface area contributed by atoms with Crippen molar-refractivity contribution in [1.82, 2.24) is 19.4 Å². The van der Waals surface area contributed by atoms with Crippen LogP contribution in [-0.2, 0) is 4.79 Å². The molecular weight excluding hydrogens is 723 g/mol. The maximum Gasteiger partial charge on any atom is 0.368 e. The molecule has 4 heterocycles. The van der Waals surface area contributed by atoms with Gasteiger partial charge in [-0.15, -0.1) is 0 Å². The van der Waals surface area contributed by atoms with Gasteiger partial charge in [0, 0.05) is 60.5 Å². The zero-order valence-electron chi connectivity index (χ0n) is 29.7. The average molecular weight is 763 g/mol. The number of likely N-dealkylation sites (N-methyl/N-ethyl adjacent to an activating group) is 1. The molecule has 1 fully saturated rings. The lowest BCUT2D eigenvalue weighted by atomic mass is 10.0. The minimum absolute atomic E-state index is 0.0962. The summed E-state index contributed by atoms with van der Waals surface area (Å²) in [5.41, 5.74) is 1.99. The highest BCUT2D eigenvalue weighted by Gasteiger charge is 2.30. The number of hydrogen-bond donors (Lipinski definition) is 1. The number of nitrogens with zero attached hydrogens (tertiary/aromatic N) is 7. The summed E-state index contributed by atoms with van der Waals surface area (Å²) in [5, 5.41) is 15.4. The number of anilines is 2. The van der Waals surface area contributed by atoms with Gasteiger partial charge in [0.1, 0.15) is 29.9 Å². The number of amides is 1. The predicted octanol–water partition coefficient (Wildman–Crippen LogP) is 6.29. The molecule has 276 valence electrons. The molecule has 4 aromatic rings. The van der Waals surface area contributed by atoms with E-state index in [1.807, 2.05) is 44.4 Å². The fourth-order valence-electron chi connectivity index (χ4n) is 6.68. The number of carbonyl (C=O) groups excluding carboxylic acids is 1. The molecule has 0 radical (unpaired) electrons. The van der Waals surface area contributed by atoms with Gasteiger partial charge in [0.15, 0.2) is 0 Å². The minimum Gasteiger partial charge on any atom is -0.495 e. The van der Waals surface area contributed by atoms with Gasteiger partial charge in [0.25, 0.3) is 5.56 Å². The Hall–Kier alpha value is -5.31. The van der Waals surface area contributed by atoms with Crippen LogP contribution in [0.4, 0.5) is 11.6 Å². The molecule has 0 bridgehead atoms. The Morgan fingerprint density at radius 2 is 1.77 bits per heavy atom. The van der Waals surface area contributed by atoms with Crippen LogP contribution in [0.15, 0.2) is 82.0 Å². The Balaban J connectivity index is 1.28. The fourth-order valence-corrected chi connectivity index (χ4v) is 7.38. The van der Waals surface area contributed by atoms with Crippen LogP contribution in [-0.4, -0.2) is 95.5 Å². The maximum atomic E-state index is 14.6. The van der Waals surface area contributed by atoms with E-state index in [2.05, 4.69) is 15.3 Å². The topological polar surface area (TPSA) is 154 Å². The quantitative estimate of drug-likeness (QED) is 0.0760. The second-order valence-electron chi connectivity index (χ2n) is 13.4. The first-order valence-corrected chi connectivity index (χ1v) is 17.7. The normalized spacial score (nSPS) is 15.1. The number of carbonyl (C=O) groups is 1. The number of halogens is 2. The van der Waals surface area contributed by atoms with Gasteiger partial charge in [-0.2, -0.15) is 4.98 Å². The number of nitrogens with one attached hydrogen (secondary N) is 1. The number of fused-ring (bicyclic) bond motifs is 1. The van der Waals surface area contributed by atoms with Gasteiger partial charge in [-0.1, -0.05) is 46.4 Å². The van der Waals surface area contributed by atoms with Crippen LogP contribution in [0.5, 0.6) is 11.5 Å². The highest BCUT2D eigenvalue weighted by atomic mass is 35.5. The SMILES string of the molecule is COc1cc(OC)c(Cl)c(-c2cc3cnc(Nc4ccccc4)nc3n(C3CCN(C(=O)/C=C/C[N+](C)(C)CC4=C([N+](=O)[O-])N=CC4)CC3)c2=O)c1Cl. The van der Waals surface area contributed by atoms with Crippen LogP contribution in [0.1, 0.15) is 25.3 Å². The number of quaternary nitrogens is 1. The molecule has 0 saturated carbocycles. The Kier molecular flexibility index (Phi) is 11.1. The number of benzene rings is 2. The molecule has 0 aliphatic carbocycles. The van der Waals surface area contributed by atoms with E-state index >= 15 is 0 Å². The molecule has 2 aliphatic heterocycles. The van der Waals surface area contributed by atoms with Gasteiger partial charge >= 0.3 is 5.82 Å². The fraction of sp³-hybridized carbons (Fsp3) is 0.324. The molecule has 14 nitrogen and oxygen atoms in total. The van der Waals surface area contributed by atoms with Gasteiger partial charge in [-0.3, -0.25) is 14.2 Å². The monoisotopic (exact) mass is 761 g/mol. The van der Waals surface area contributed by atoms with Crippen molar-refractivity contribution >= 4 is 58.0 Å². The molecule has 1 saturated heterocycles. The van der Waals surface area contributed by atoms with Crippen molar-refractivity contribution in [1.29, 1.82) is 0 Å². The van der Waals surface area contributed by atoms with E-state index in [9.17, 15) is 19.7 Å². The van der Waals surface area contributed by atoms with Crippen LogP contribution in [0.25, 0.3) is 22.2 Å². The van der Waals surface area contributed by atoms with Crippen molar-refractivity contribution in [3.63, 3.8) is 0 Å². The van der Waals surface area contributed by atoms with Gasteiger partial charge in [0.05, 0.1) is 56.0 Å². The Morgan fingerprint density at radius 1 is 1.09 bits per heavy atom. The first-order valence-electron chi connectivity index (χ1n) is 16.9. The Morgan fingerprint density at radius 3 is 2.42 bits per heavy atom. The summed E-state index contributed by atoms with van der Waals surface area (Å²) in [7, 11) is 6.83. The third-order valence-electron chi connectivity index (χ3n) is 9.31. The molecule has 53 heavy (non-hydrogen) atoms. The van der Waals surface area contributed by atoms with Crippen molar-refractivity contribution < 1.29 is 23.7 Å². The lowest BCUT2D eigenvalue weighted by molar-refractivity contribution is -0.880. The number of para-hydroxylation sites is 1. The summed E-state index contributed by atoms with van der Waals surface area (Å²) in [6, 6.07) is 12.4. The number of methoxy groups -OCH3 is 2. The highest BCUT2D eigenvalue weighted by Crippen LogP contribution is 2.45. The summed E-state index contributed by atoms with van der Waals surface area (Å²) in [4.78, 5) is 53.8. The number of ether oxygens (including phenoxy) is 2. The summed E-state index contributed by atoms with van der Waals surface area (Å²) >= 11 is 13.6. The van der Waals surface area contributed by atoms with Gasteiger partial charge < -0.3 is 34.3 Å². The Bertz CT molecular complexity index is 2180. The largest absolute Gasteiger partial charge is 0.495 e. The number of hydrogen-bond acceptors (Lipinski definition) is 10. The first-order chi connectivity index (χ1) is 25.4. The number of piperidine rings is 1. The van der Waals surface area contributed by atoms with Crippen molar-refractivity contribution in [2.45, 2.75) is 25.3 Å². The van der Waals surface area contributed by atoms with Crippen LogP contribution >= 0.6 is 23.2 Å². The van der Waals surface area contributed by atoms with Crippen molar-refractivity contribution in [2.24, 2.45) is 4.99 Å². The second-order valence-corrected chi connectivity index (χ2v) is 14.2. The van der Waals surface area contributed by atoms with Crippen LogP contribution in [0.2, 0.25) is 10.0 Å².